The van der Waals surface area contributed by atoms with Crippen molar-refractivity contribution in [2.24, 2.45) is 26.8 Å². The highest BCUT2D eigenvalue weighted by atomic mass is 16.3. The molecular weight excluding hydrogens is 855 g/mol. The van der Waals surface area contributed by atoms with Gasteiger partial charge in [-0.25, -0.2) is 9.98 Å². The fourth-order valence-corrected chi connectivity index (χ4v) is 12.1. The minimum Gasteiger partial charge on any atom is -0.456 e. The molecule has 1 N–H and O–H groups in total. The van der Waals surface area contributed by atoms with Crippen molar-refractivity contribution < 1.29 is 4.42 Å². The molecule has 4 heterocycles. The molecule has 0 bridgehead atoms. The maximum Gasteiger partial charge on any atom is 0.150 e. The standard InChI is InChI=1S/C64H59N5O/c1-6-18-44(19-7-1)49-35-43(36-50(37-49)45-20-8-2-9-21-45)34-42-30-32-54(64-67-62(46-22-10-3-11-23-46)66-63(68-64)47-24-12-4-13-25-47)61(65-41-42)48-31-33-53-56-39-55-52-28-16-17-29-57(52)69(51-26-14-5-15-27-51)58(55)40-60(56)70-59(53)38-48/h1-4,6-8,10-13,16,18-19,22-24,26,28,30-31,33,35-41,45,47,54,61,63H,5,9,14-15,17,20-21,25,27,29,32,34H2,(H,66,67,68). The Morgan fingerprint density at radius 1 is 0.657 bits per heavy atom. The third kappa shape index (κ3) is 8.17. The van der Waals surface area contributed by atoms with Gasteiger partial charge in [0.05, 0.1) is 11.6 Å². The molecule has 0 saturated heterocycles. The summed E-state index contributed by atoms with van der Waals surface area (Å²) in [7, 11) is 0. The molecule has 0 spiro atoms. The zero-order valence-electron chi connectivity index (χ0n) is 39.8. The first kappa shape index (κ1) is 42.8. The van der Waals surface area contributed by atoms with Crippen LogP contribution in [-0.4, -0.2) is 28.6 Å². The molecule has 0 saturated carbocycles. The van der Waals surface area contributed by atoms with Gasteiger partial charge < -0.3 is 14.3 Å². The Bertz CT molecular complexity index is 3440. The van der Waals surface area contributed by atoms with Gasteiger partial charge in [0.2, 0.25) is 0 Å². The number of benzene rings is 5. The van der Waals surface area contributed by atoms with Gasteiger partial charge in [-0.15, -0.1) is 0 Å². The van der Waals surface area contributed by atoms with E-state index >= 15 is 0 Å². The molecule has 5 atom stereocenters. The average molecular weight is 914 g/mol. The van der Waals surface area contributed by atoms with Gasteiger partial charge in [-0.1, -0.05) is 152 Å². The van der Waals surface area contributed by atoms with Crippen LogP contribution in [0.5, 0.6) is 0 Å². The summed E-state index contributed by atoms with van der Waals surface area (Å²) in [6.45, 7) is 0. The zero-order chi connectivity index (χ0) is 46.4. The van der Waals surface area contributed by atoms with Crippen molar-refractivity contribution in [2.75, 3.05) is 0 Å². The molecule has 7 aromatic rings. The molecule has 2 aliphatic heterocycles. The molecule has 4 aliphatic carbocycles. The first-order chi connectivity index (χ1) is 34.7. The molecule has 6 aliphatic rings. The Kier molecular flexibility index (Phi) is 11.3. The fourth-order valence-electron chi connectivity index (χ4n) is 12.1. The fraction of sp³-hybridized carbons (Fsp3) is 0.266. The van der Waals surface area contributed by atoms with Gasteiger partial charge in [-0.2, -0.15) is 0 Å². The highest BCUT2D eigenvalue weighted by Gasteiger charge is 2.34. The van der Waals surface area contributed by atoms with Crippen LogP contribution in [-0.2, 0) is 12.8 Å². The summed E-state index contributed by atoms with van der Waals surface area (Å²) in [5.74, 6) is 2.41. The van der Waals surface area contributed by atoms with Crippen molar-refractivity contribution in [3.05, 3.63) is 203 Å². The molecule has 0 amide bonds. The maximum absolute atomic E-state index is 6.96. The van der Waals surface area contributed by atoms with Crippen LogP contribution in [0.4, 0.5) is 0 Å². The van der Waals surface area contributed by atoms with E-state index in [2.05, 4.69) is 186 Å². The Balaban J connectivity index is 0.910. The summed E-state index contributed by atoms with van der Waals surface area (Å²) in [6, 6.07) is 40.0. The van der Waals surface area contributed by atoms with E-state index in [0.29, 0.717) is 5.92 Å². The number of hydrogen-bond acceptors (Lipinski definition) is 5. The lowest BCUT2D eigenvalue weighted by Gasteiger charge is -2.31. The van der Waals surface area contributed by atoms with E-state index in [0.717, 1.165) is 103 Å². The van der Waals surface area contributed by atoms with Crippen LogP contribution in [0.3, 0.4) is 0 Å². The number of nitrogens with zero attached hydrogens (tertiary/aromatic N) is 4. The monoisotopic (exact) mass is 913 g/mol. The van der Waals surface area contributed by atoms with Gasteiger partial charge >= 0.3 is 0 Å². The normalized spacial score (nSPS) is 23.2. The Morgan fingerprint density at radius 3 is 2.37 bits per heavy atom. The third-order valence-corrected chi connectivity index (χ3v) is 15.7. The Labute approximate surface area is 411 Å². The van der Waals surface area contributed by atoms with Gasteiger partial charge in [0, 0.05) is 62.8 Å². The van der Waals surface area contributed by atoms with E-state index in [1.165, 1.54) is 74.9 Å². The van der Waals surface area contributed by atoms with Crippen LogP contribution in [0.2, 0.25) is 0 Å². The van der Waals surface area contributed by atoms with Crippen molar-refractivity contribution in [3.63, 3.8) is 0 Å². The lowest BCUT2D eigenvalue weighted by molar-refractivity contribution is 0.495. The zero-order valence-corrected chi connectivity index (χ0v) is 39.8. The molecule has 13 rings (SSSR count). The summed E-state index contributed by atoms with van der Waals surface area (Å²) in [5.41, 5.74) is 16.0. The van der Waals surface area contributed by atoms with Crippen molar-refractivity contribution in [2.45, 2.75) is 95.2 Å². The predicted octanol–water partition coefficient (Wildman–Crippen LogP) is 15.6. The molecule has 346 valence electrons. The van der Waals surface area contributed by atoms with Crippen molar-refractivity contribution in [1.29, 1.82) is 0 Å². The molecule has 70 heavy (non-hydrogen) atoms. The summed E-state index contributed by atoms with van der Waals surface area (Å²) >= 11 is 0. The Morgan fingerprint density at radius 2 is 1.54 bits per heavy atom. The number of rotatable bonds is 9. The van der Waals surface area contributed by atoms with Crippen LogP contribution in [0.15, 0.2) is 189 Å². The second kappa shape index (κ2) is 18.5. The topological polar surface area (TPSA) is 67.2 Å². The van der Waals surface area contributed by atoms with Gasteiger partial charge in [0.15, 0.2) is 6.17 Å². The number of aromatic nitrogens is 1. The maximum atomic E-state index is 6.96. The van der Waals surface area contributed by atoms with E-state index in [4.69, 9.17) is 19.4 Å². The minimum atomic E-state index is -0.254. The van der Waals surface area contributed by atoms with Crippen molar-refractivity contribution in [1.82, 2.24) is 9.88 Å². The number of aliphatic imine (C=N–C) groups is 3. The Hall–Kier alpha value is -7.31. The number of fused-ring (bicyclic) bond motifs is 6. The SMILES string of the molecule is C1=CCC(C2N=C(c3ccccc3)NC(C3CC=C(Cc4cc(-c5ccccc5)cc(C5CC=CCC5)c4)C=NC3c3ccc4c(c3)oc3cc5c(cc34)c3c(n5C4=CCCCC4)CCC=C3)=N2)C=C1. The first-order valence-corrected chi connectivity index (χ1v) is 25.9. The van der Waals surface area contributed by atoms with E-state index in [-0.39, 0.29) is 24.0 Å². The van der Waals surface area contributed by atoms with Crippen LogP contribution in [0.1, 0.15) is 110 Å². The van der Waals surface area contributed by atoms with E-state index in [1.54, 1.807) is 0 Å². The molecule has 5 aromatic carbocycles. The predicted molar refractivity (Wildman–Crippen MR) is 292 cm³/mol. The summed E-state index contributed by atoms with van der Waals surface area (Å²) < 4.78 is 9.53. The quantitative estimate of drug-likeness (QED) is 0.147. The van der Waals surface area contributed by atoms with Gasteiger partial charge in [-0.05, 0) is 128 Å². The van der Waals surface area contributed by atoms with E-state index in [9.17, 15) is 0 Å². The third-order valence-electron chi connectivity index (χ3n) is 15.7. The van der Waals surface area contributed by atoms with Crippen LogP contribution in [0, 0.1) is 11.8 Å². The average Bonchev–Trinajstić information content (AvgIpc) is 3.86. The van der Waals surface area contributed by atoms with Gasteiger partial charge in [0.1, 0.15) is 22.8 Å². The number of hydrogen-bond donors (Lipinski definition) is 1. The van der Waals surface area contributed by atoms with E-state index in [1.807, 2.05) is 0 Å². The second-order valence-electron chi connectivity index (χ2n) is 20.2. The van der Waals surface area contributed by atoms with Crippen LogP contribution < -0.4 is 5.32 Å². The van der Waals surface area contributed by atoms with Gasteiger partial charge in [0.25, 0.3) is 0 Å². The number of amidine groups is 2. The molecule has 2 aromatic heterocycles. The lowest BCUT2D eigenvalue weighted by Crippen LogP contribution is -2.43. The number of nitrogens with one attached hydrogen (secondary N) is 1. The molecule has 5 unspecified atom stereocenters. The largest absolute Gasteiger partial charge is 0.456 e. The van der Waals surface area contributed by atoms with Crippen LogP contribution >= 0.6 is 0 Å². The smallest absolute Gasteiger partial charge is 0.150 e. The molecular formula is C64H59N5O. The lowest BCUT2D eigenvalue weighted by atomic mass is 9.84. The van der Waals surface area contributed by atoms with Crippen LogP contribution in [0.25, 0.3) is 55.7 Å². The molecule has 0 fully saturated rings. The highest BCUT2D eigenvalue weighted by Crippen LogP contribution is 2.43. The van der Waals surface area contributed by atoms with Gasteiger partial charge in [-0.3, -0.25) is 4.99 Å². The first-order valence-electron chi connectivity index (χ1n) is 25.9. The van der Waals surface area contributed by atoms with Crippen molar-refractivity contribution in [3.8, 4) is 11.1 Å². The highest BCUT2D eigenvalue weighted by molar-refractivity contribution is 6.13. The number of furan rings is 1. The second-order valence-corrected chi connectivity index (χ2v) is 20.2. The summed E-state index contributed by atoms with van der Waals surface area (Å²) in [4.78, 5) is 16.4. The molecule has 6 nitrogen and oxygen atoms in total. The summed E-state index contributed by atoms with van der Waals surface area (Å²) in [5, 5.41) is 7.43. The minimum absolute atomic E-state index is 0.0831. The number of allylic oxidation sites excluding steroid dienone is 10. The van der Waals surface area contributed by atoms with Crippen molar-refractivity contribution >= 4 is 62.5 Å². The summed E-state index contributed by atoms with van der Waals surface area (Å²) in [6.07, 6.45) is 37.8. The molecule has 6 heteroatoms. The molecule has 0 radical (unpaired) electrons. The van der Waals surface area contributed by atoms with E-state index < -0.39 is 0 Å².